The van der Waals surface area contributed by atoms with Crippen molar-refractivity contribution in [2.24, 2.45) is 0 Å². The summed E-state index contributed by atoms with van der Waals surface area (Å²) in [6.45, 7) is 1.45. The SMILES string of the molecule is C[C@@H](OC(=O)Cc1ccc2ccccc2c1)C(=O)NC(=O)NC1CCCC1. The maximum absolute atomic E-state index is 12.1. The van der Waals surface area contributed by atoms with Crippen molar-refractivity contribution in [3.8, 4) is 0 Å². The highest BCUT2D eigenvalue weighted by molar-refractivity contribution is 5.97. The molecule has 1 aliphatic rings. The molecule has 0 aliphatic heterocycles. The molecule has 1 saturated carbocycles. The average molecular weight is 368 g/mol. The Balaban J connectivity index is 1.48. The number of benzene rings is 2. The van der Waals surface area contributed by atoms with Gasteiger partial charge in [0.05, 0.1) is 6.42 Å². The Hall–Kier alpha value is -2.89. The molecule has 3 amide bonds. The summed E-state index contributed by atoms with van der Waals surface area (Å²) in [6.07, 6.45) is 3.06. The average Bonchev–Trinajstić information content (AvgIpc) is 3.14. The van der Waals surface area contributed by atoms with Crippen molar-refractivity contribution in [2.75, 3.05) is 0 Å². The Labute approximate surface area is 158 Å². The van der Waals surface area contributed by atoms with Gasteiger partial charge in [0.25, 0.3) is 5.91 Å². The molecule has 2 aromatic rings. The van der Waals surface area contributed by atoms with Crippen LogP contribution < -0.4 is 10.6 Å². The molecule has 3 rings (SSSR count). The minimum atomic E-state index is -1.03. The number of ether oxygens (including phenoxy) is 1. The van der Waals surface area contributed by atoms with E-state index in [1.807, 2.05) is 42.5 Å². The smallest absolute Gasteiger partial charge is 0.321 e. The number of nitrogens with one attached hydrogen (secondary N) is 2. The molecule has 6 nitrogen and oxygen atoms in total. The van der Waals surface area contributed by atoms with Crippen molar-refractivity contribution in [3.05, 3.63) is 48.0 Å². The minimum Gasteiger partial charge on any atom is -0.452 e. The molecule has 1 atom stereocenters. The Morgan fingerprint density at radius 1 is 1.07 bits per heavy atom. The number of esters is 1. The Morgan fingerprint density at radius 2 is 1.78 bits per heavy atom. The first-order chi connectivity index (χ1) is 13.0. The Morgan fingerprint density at radius 3 is 2.52 bits per heavy atom. The van der Waals surface area contributed by atoms with Crippen LogP contribution in [0.15, 0.2) is 42.5 Å². The number of imide groups is 1. The van der Waals surface area contributed by atoms with Crippen LogP contribution >= 0.6 is 0 Å². The van der Waals surface area contributed by atoms with Crippen molar-refractivity contribution in [1.82, 2.24) is 10.6 Å². The second kappa shape index (κ2) is 8.66. The maximum atomic E-state index is 12.1. The number of hydrogen-bond donors (Lipinski definition) is 2. The van der Waals surface area contributed by atoms with Crippen LogP contribution in [-0.2, 0) is 20.7 Å². The molecule has 2 aromatic carbocycles. The second-order valence-electron chi connectivity index (χ2n) is 6.93. The molecule has 0 aromatic heterocycles. The zero-order chi connectivity index (χ0) is 19.2. The van der Waals surface area contributed by atoms with Crippen LogP contribution in [-0.4, -0.2) is 30.1 Å². The molecule has 0 saturated heterocycles. The van der Waals surface area contributed by atoms with Crippen LogP contribution in [0.5, 0.6) is 0 Å². The molecular formula is C21H24N2O4. The van der Waals surface area contributed by atoms with Crippen molar-refractivity contribution in [1.29, 1.82) is 0 Å². The highest BCUT2D eigenvalue weighted by atomic mass is 16.5. The van der Waals surface area contributed by atoms with E-state index in [9.17, 15) is 14.4 Å². The standard InChI is InChI=1S/C21H24N2O4/c1-14(20(25)23-21(26)22-18-8-4-5-9-18)27-19(24)13-15-10-11-16-6-2-3-7-17(16)12-15/h2-3,6-7,10-12,14,18H,4-5,8-9,13H2,1H3,(H2,22,23,25,26)/t14-/m1/s1. The summed E-state index contributed by atoms with van der Waals surface area (Å²) in [5.41, 5.74) is 0.810. The van der Waals surface area contributed by atoms with Gasteiger partial charge in [-0.05, 0) is 36.1 Å². The summed E-state index contributed by atoms with van der Waals surface area (Å²) in [6, 6.07) is 13.2. The van der Waals surface area contributed by atoms with Crippen molar-refractivity contribution in [3.63, 3.8) is 0 Å². The van der Waals surface area contributed by atoms with Crippen LogP contribution in [0.3, 0.4) is 0 Å². The molecule has 0 heterocycles. The van der Waals surface area contributed by atoms with Crippen molar-refractivity contribution < 1.29 is 19.1 Å². The van der Waals surface area contributed by atoms with Gasteiger partial charge in [-0.1, -0.05) is 55.3 Å². The fourth-order valence-electron chi connectivity index (χ4n) is 3.31. The lowest BCUT2D eigenvalue weighted by Crippen LogP contribution is -2.47. The molecule has 0 spiro atoms. The van der Waals surface area contributed by atoms with E-state index in [4.69, 9.17) is 4.74 Å². The molecule has 0 radical (unpaired) electrons. The Kier molecular flexibility index (Phi) is 6.06. The molecule has 6 heteroatoms. The third-order valence-electron chi connectivity index (χ3n) is 4.77. The molecule has 27 heavy (non-hydrogen) atoms. The van der Waals surface area contributed by atoms with Gasteiger partial charge in [-0.25, -0.2) is 4.79 Å². The fraction of sp³-hybridized carbons (Fsp3) is 0.381. The molecule has 2 N–H and O–H groups in total. The van der Waals surface area contributed by atoms with E-state index in [1.54, 1.807) is 0 Å². The monoisotopic (exact) mass is 368 g/mol. The third kappa shape index (κ3) is 5.29. The number of amides is 3. The molecule has 0 unspecified atom stereocenters. The zero-order valence-corrected chi connectivity index (χ0v) is 15.4. The zero-order valence-electron chi connectivity index (χ0n) is 15.4. The topological polar surface area (TPSA) is 84.5 Å². The fourth-order valence-corrected chi connectivity index (χ4v) is 3.31. The van der Waals surface area contributed by atoms with E-state index in [0.29, 0.717) is 0 Å². The van der Waals surface area contributed by atoms with Gasteiger partial charge in [0.1, 0.15) is 0 Å². The number of carbonyl (C=O) groups is 3. The van der Waals surface area contributed by atoms with Gasteiger partial charge in [0.2, 0.25) is 0 Å². The highest BCUT2D eigenvalue weighted by Crippen LogP contribution is 2.17. The first kappa shape index (κ1) is 18.9. The quantitative estimate of drug-likeness (QED) is 0.795. The summed E-state index contributed by atoms with van der Waals surface area (Å²) >= 11 is 0. The molecule has 142 valence electrons. The summed E-state index contributed by atoms with van der Waals surface area (Å²) in [5.74, 6) is -1.14. The number of carbonyl (C=O) groups excluding carboxylic acids is 3. The molecular weight excluding hydrogens is 344 g/mol. The van der Waals surface area contributed by atoms with E-state index in [-0.39, 0.29) is 12.5 Å². The minimum absolute atomic E-state index is 0.0662. The van der Waals surface area contributed by atoms with E-state index >= 15 is 0 Å². The first-order valence-corrected chi connectivity index (χ1v) is 9.30. The van der Waals surface area contributed by atoms with Crippen molar-refractivity contribution >= 4 is 28.7 Å². The summed E-state index contributed by atoms with van der Waals surface area (Å²) < 4.78 is 5.17. The van der Waals surface area contributed by atoms with E-state index < -0.39 is 24.0 Å². The lowest BCUT2D eigenvalue weighted by atomic mass is 10.1. The number of hydrogen-bond acceptors (Lipinski definition) is 4. The normalized spacial score (nSPS) is 15.3. The Bertz CT molecular complexity index is 843. The van der Waals surface area contributed by atoms with Crippen LogP contribution in [0.4, 0.5) is 4.79 Å². The van der Waals surface area contributed by atoms with Gasteiger partial charge >= 0.3 is 12.0 Å². The van der Waals surface area contributed by atoms with Crippen LogP contribution in [0.1, 0.15) is 38.2 Å². The first-order valence-electron chi connectivity index (χ1n) is 9.30. The number of urea groups is 1. The number of rotatable bonds is 5. The van der Waals surface area contributed by atoms with Gasteiger partial charge in [-0.3, -0.25) is 14.9 Å². The predicted molar refractivity (Wildman–Crippen MR) is 102 cm³/mol. The van der Waals surface area contributed by atoms with Gasteiger partial charge < -0.3 is 10.1 Å². The summed E-state index contributed by atoms with van der Waals surface area (Å²) in [7, 11) is 0. The largest absolute Gasteiger partial charge is 0.452 e. The molecule has 1 aliphatic carbocycles. The van der Waals surface area contributed by atoms with Crippen molar-refractivity contribution in [2.45, 2.75) is 51.2 Å². The van der Waals surface area contributed by atoms with E-state index in [0.717, 1.165) is 42.0 Å². The van der Waals surface area contributed by atoms with E-state index in [2.05, 4.69) is 10.6 Å². The lowest BCUT2D eigenvalue weighted by molar-refractivity contribution is -0.153. The highest BCUT2D eigenvalue weighted by Gasteiger charge is 2.22. The second-order valence-corrected chi connectivity index (χ2v) is 6.93. The van der Waals surface area contributed by atoms with E-state index in [1.165, 1.54) is 6.92 Å². The van der Waals surface area contributed by atoms with Gasteiger partial charge in [-0.2, -0.15) is 0 Å². The van der Waals surface area contributed by atoms with Gasteiger partial charge in [0.15, 0.2) is 6.10 Å². The molecule has 1 fully saturated rings. The van der Waals surface area contributed by atoms with Crippen LogP contribution in [0.2, 0.25) is 0 Å². The third-order valence-corrected chi connectivity index (χ3v) is 4.77. The predicted octanol–water partition coefficient (Wildman–Crippen LogP) is 3.08. The lowest BCUT2D eigenvalue weighted by Gasteiger charge is -2.15. The maximum Gasteiger partial charge on any atom is 0.321 e. The van der Waals surface area contributed by atoms with Gasteiger partial charge in [0, 0.05) is 6.04 Å². The van der Waals surface area contributed by atoms with Gasteiger partial charge in [-0.15, -0.1) is 0 Å². The summed E-state index contributed by atoms with van der Waals surface area (Å²) in [4.78, 5) is 36.0. The van der Waals surface area contributed by atoms with Crippen LogP contribution in [0, 0.1) is 0 Å². The summed E-state index contributed by atoms with van der Waals surface area (Å²) in [5, 5.41) is 7.13. The van der Waals surface area contributed by atoms with Crippen LogP contribution in [0.25, 0.3) is 10.8 Å². The number of fused-ring (bicyclic) bond motifs is 1. The molecule has 0 bridgehead atoms.